The van der Waals surface area contributed by atoms with Crippen LogP contribution in [-0.2, 0) is 23.8 Å². The number of hydrogen-bond donors (Lipinski definition) is 0. The van der Waals surface area contributed by atoms with Crippen LogP contribution in [0.15, 0.2) is 0 Å². The van der Waals surface area contributed by atoms with E-state index < -0.39 is 5.41 Å². The SMILES string of the molecule is CCCC(=O)OC(C)COC(C)COC(=O)C(C)(C)C. The monoisotopic (exact) mass is 288 g/mol. The van der Waals surface area contributed by atoms with Crippen LogP contribution in [0, 0.1) is 5.41 Å². The first kappa shape index (κ1) is 18.9. The van der Waals surface area contributed by atoms with E-state index in [0.29, 0.717) is 13.0 Å². The Hall–Kier alpha value is -1.10. The molecule has 0 N–H and O–H groups in total. The van der Waals surface area contributed by atoms with Crippen LogP contribution in [0.5, 0.6) is 0 Å². The summed E-state index contributed by atoms with van der Waals surface area (Å²) in [6.45, 7) is 11.4. The molecular formula is C15H28O5. The number of carbonyl (C=O) groups excluding carboxylic acids is 2. The molecule has 2 atom stereocenters. The van der Waals surface area contributed by atoms with Gasteiger partial charge >= 0.3 is 11.9 Å². The van der Waals surface area contributed by atoms with E-state index in [4.69, 9.17) is 14.2 Å². The van der Waals surface area contributed by atoms with E-state index in [1.807, 2.05) is 13.8 Å². The fourth-order valence-corrected chi connectivity index (χ4v) is 1.28. The first-order valence-electron chi connectivity index (χ1n) is 7.15. The second kappa shape index (κ2) is 8.95. The standard InChI is InChI=1S/C15H28O5/c1-7-8-13(16)20-12(3)10-18-11(2)9-19-14(17)15(4,5)6/h11-12H,7-10H2,1-6H3. The predicted octanol–water partition coefficient (Wildman–Crippen LogP) is 2.71. The van der Waals surface area contributed by atoms with Crippen molar-refractivity contribution in [3.05, 3.63) is 0 Å². The molecule has 0 saturated heterocycles. The van der Waals surface area contributed by atoms with Crippen LogP contribution in [0.25, 0.3) is 0 Å². The fourth-order valence-electron chi connectivity index (χ4n) is 1.28. The van der Waals surface area contributed by atoms with Gasteiger partial charge in [-0.15, -0.1) is 0 Å². The van der Waals surface area contributed by atoms with E-state index in [1.165, 1.54) is 0 Å². The molecule has 0 aromatic heterocycles. The van der Waals surface area contributed by atoms with Crippen molar-refractivity contribution in [1.29, 1.82) is 0 Å². The summed E-state index contributed by atoms with van der Waals surface area (Å²) in [5.41, 5.74) is -0.511. The van der Waals surface area contributed by atoms with Gasteiger partial charge in [-0.3, -0.25) is 9.59 Å². The molecule has 0 aliphatic rings. The van der Waals surface area contributed by atoms with Gasteiger partial charge < -0.3 is 14.2 Å². The molecule has 5 heteroatoms. The highest BCUT2D eigenvalue weighted by atomic mass is 16.6. The van der Waals surface area contributed by atoms with Gasteiger partial charge in [0.25, 0.3) is 0 Å². The third-order valence-corrected chi connectivity index (χ3v) is 2.46. The van der Waals surface area contributed by atoms with Crippen LogP contribution in [0.4, 0.5) is 0 Å². The summed E-state index contributed by atoms with van der Waals surface area (Å²) in [5.74, 6) is -0.467. The largest absolute Gasteiger partial charge is 0.463 e. The maximum Gasteiger partial charge on any atom is 0.311 e. The Morgan fingerprint density at radius 1 is 1.05 bits per heavy atom. The summed E-state index contributed by atoms with van der Waals surface area (Å²) in [4.78, 5) is 22.9. The Balaban J connectivity index is 3.85. The molecule has 0 aliphatic heterocycles. The summed E-state index contributed by atoms with van der Waals surface area (Å²) in [6, 6.07) is 0. The molecule has 0 aromatic rings. The van der Waals surface area contributed by atoms with E-state index >= 15 is 0 Å². The topological polar surface area (TPSA) is 61.8 Å². The molecule has 20 heavy (non-hydrogen) atoms. The molecular weight excluding hydrogens is 260 g/mol. The summed E-state index contributed by atoms with van der Waals surface area (Å²) in [5, 5.41) is 0. The Morgan fingerprint density at radius 2 is 1.65 bits per heavy atom. The molecule has 2 unspecified atom stereocenters. The van der Waals surface area contributed by atoms with Gasteiger partial charge in [0.2, 0.25) is 0 Å². The molecule has 0 aromatic carbocycles. The third-order valence-electron chi connectivity index (χ3n) is 2.46. The van der Waals surface area contributed by atoms with Crippen molar-refractivity contribution in [1.82, 2.24) is 0 Å². The highest BCUT2D eigenvalue weighted by Crippen LogP contribution is 2.15. The van der Waals surface area contributed by atoms with Crippen molar-refractivity contribution >= 4 is 11.9 Å². The highest BCUT2D eigenvalue weighted by molar-refractivity contribution is 5.75. The number of ether oxygens (including phenoxy) is 3. The van der Waals surface area contributed by atoms with Crippen LogP contribution in [0.1, 0.15) is 54.4 Å². The van der Waals surface area contributed by atoms with Crippen LogP contribution in [0.3, 0.4) is 0 Å². The quantitative estimate of drug-likeness (QED) is 0.643. The van der Waals surface area contributed by atoms with Gasteiger partial charge in [-0.2, -0.15) is 0 Å². The van der Waals surface area contributed by atoms with E-state index in [-0.39, 0.29) is 30.8 Å². The molecule has 118 valence electrons. The molecule has 0 saturated carbocycles. The van der Waals surface area contributed by atoms with Crippen molar-refractivity contribution in [3.63, 3.8) is 0 Å². The van der Waals surface area contributed by atoms with Crippen LogP contribution in [0.2, 0.25) is 0 Å². The number of esters is 2. The van der Waals surface area contributed by atoms with Gasteiger partial charge in [0.1, 0.15) is 12.7 Å². The molecule has 5 nitrogen and oxygen atoms in total. The van der Waals surface area contributed by atoms with Crippen molar-refractivity contribution in [2.24, 2.45) is 5.41 Å². The number of hydrogen-bond acceptors (Lipinski definition) is 5. The van der Waals surface area contributed by atoms with E-state index in [0.717, 1.165) is 6.42 Å². The molecule has 0 fully saturated rings. The van der Waals surface area contributed by atoms with Crippen molar-refractivity contribution in [3.8, 4) is 0 Å². The Morgan fingerprint density at radius 3 is 2.15 bits per heavy atom. The third kappa shape index (κ3) is 8.91. The molecule has 0 radical (unpaired) electrons. The van der Waals surface area contributed by atoms with Gasteiger partial charge in [-0.05, 0) is 41.0 Å². The lowest BCUT2D eigenvalue weighted by Crippen LogP contribution is -2.29. The second-order valence-corrected chi connectivity index (χ2v) is 6.04. The second-order valence-electron chi connectivity index (χ2n) is 6.04. The van der Waals surface area contributed by atoms with E-state index in [9.17, 15) is 9.59 Å². The van der Waals surface area contributed by atoms with E-state index in [2.05, 4.69) is 0 Å². The average molecular weight is 288 g/mol. The average Bonchev–Trinajstić information content (AvgIpc) is 2.32. The normalized spacial score (nSPS) is 14.5. The lowest BCUT2D eigenvalue weighted by atomic mass is 9.97. The minimum Gasteiger partial charge on any atom is -0.463 e. The van der Waals surface area contributed by atoms with Crippen molar-refractivity contribution in [2.75, 3.05) is 13.2 Å². The minimum absolute atomic E-state index is 0.200. The number of carbonyl (C=O) groups is 2. The highest BCUT2D eigenvalue weighted by Gasteiger charge is 2.23. The van der Waals surface area contributed by atoms with Gasteiger partial charge in [0.15, 0.2) is 0 Å². The van der Waals surface area contributed by atoms with Gasteiger partial charge in [-0.1, -0.05) is 6.92 Å². The lowest BCUT2D eigenvalue weighted by Gasteiger charge is -2.20. The van der Waals surface area contributed by atoms with E-state index in [1.54, 1.807) is 27.7 Å². The minimum atomic E-state index is -0.511. The maximum atomic E-state index is 11.6. The van der Waals surface area contributed by atoms with Gasteiger partial charge in [-0.25, -0.2) is 0 Å². The van der Waals surface area contributed by atoms with Crippen LogP contribution < -0.4 is 0 Å². The zero-order valence-corrected chi connectivity index (χ0v) is 13.5. The summed E-state index contributed by atoms with van der Waals surface area (Å²) in [7, 11) is 0. The molecule has 0 aliphatic carbocycles. The maximum absolute atomic E-state index is 11.6. The van der Waals surface area contributed by atoms with Crippen molar-refractivity contribution < 1.29 is 23.8 Å². The Bertz CT molecular complexity index is 306. The van der Waals surface area contributed by atoms with Gasteiger partial charge in [0, 0.05) is 6.42 Å². The summed E-state index contributed by atoms with van der Waals surface area (Å²) < 4.78 is 15.8. The molecule has 0 bridgehead atoms. The fraction of sp³-hybridized carbons (Fsp3) is 0.867. The Kier molecular flexibility index (Phi) is 8.46. The van der Waals surface area contributed by atoms with Crippen LogP contribution in [-0.4, -0.2) is 37.4 Å². The first-order valence-corrected chi connectivity index (χ1v) is 7.15. The summed E-state index contributed by atoms with van der Waals surface area (Å²) >= 11 is 0. The lowest BCUT2D eigenvalue weighted by molar-refractivity contribution is -0.159. The predicted molar refractivity (Wildman–Crippen MR) is 76.3 cm³/mol. The first-order chi connectivity index (χ1) is 9.16. The molecule has 0 rings (SSSR count). The Labute approximate surface area is 122 Å². The van der Waals surface area contributed by atoms with Crippen molar-refractivity contribution in [2.45, 2.75) is 66.6 Å². The zero-order valence-electron chi connectivity index (χ0n) is 13.5. The zero-order chi connectivity index (χ0) is 15.8. The van der Waals surface area contributed by atoms with Gasteiger partial charge in [0.05, 0.1) is 18.1 Å². The molecule has 0 heterocycles. The molecule has 0 spiro atoms. The summed E-state index contributed by atoms with van der Waals surface area (Å²) in [6.07, 6.45) is 0.665. The smallest absolute Gasteiger partial charge is 0.311 e. The van der Waals surface area contributed by atoms with Crippen LogP contribution >= 0.6 is 0 Å². The molecule has 0 amide bonds. The number of rotatable bonds is 8.